The van der Waals surface area contributed by atoms with Crippen molar-refractivity contribution in [3.05, 3.63) is 268 Å². The van der Waals surface area contributed by atoms with E-state index in [0.717, 1.165) is 22.6 Å². The van der Waals surface area contributed by atoms with Crippen LogP contribution in [0.5, 0.6) is 0 Å². The van der Waals surface area contributed by atoms with E-state index in [-0.39, 0.29) is 0 Å². The van der Waals surface area contributed by atoms with Crippen LogP contribution in [0.15, 0.2) is 212 Å². The molecule has 0 fully saturated rings. The molecule has 0 bridgehead atoms. The van der Waals surface area contributed by atoms with Gasteiger partial charge in [0.25, 0.3) is 0 Å². The third kappa shape index (κ3) is 4.57. The van der Waals surface area contributed by atoms with Gasteiger partial charge in [-0.15, -0.1) is 0 Å². The van der Waals surface area contributed by atoms with Gasteiger partial charge in [-0.05, 0) is 119 Å². The van der Waals surface area contributed by atoms with Crippen LogP contribution in [0.25, 0.3) is 11.3 Å². The lowest BCUT2D eigenvalue weighted by atomic mass is 9.49. The number of pyridine rings is 1. The van der Waals surface area contributed by atoms with Crippen molar-refractivity contribution in [1.29, 1.82) is 0 Å². The topological polar surface area (TPSA) is 19.4 Å². The third-order valence-corrected chi connectivity index (χ3v) is 13.3. The fourth-order valence-corrected chi connectivity index (χ4v) is 11.0. The summed E-state index contributed by atoms with van der Waals surface area (Å²) in [5, 5.41) is 0. The number of benzene rings is 8. The Hall–Kier alpha value is -7.49. The molecule has 60 heavy (non-hydrogen) atoms. The molecule has 12 rings (SSSR count). The van der Waals surface area contributed by atoms with Gasteiger partial charge in [0.2, 0.25) is 0 Å². The van der Waals surface area contributed by atoms with Gasteiger partial charge in [0.05, 0.1) is 39.3 Å². The van der Waals surface area contributed by atoms with Gasteiger partial charge in [0, 0.05) is 23.1 Å². The van der Waals surface area contributed by atoms with Crippen molar-refractivity contribution in [3.8, 4) is 11.3 Å². The van der Waals surface area contributed by atoms with Crippen LogP contribution < -0.4 is 9.80 Å². The fraction of sp³-hybridized carbons (Fsp3) is 0.0702. The normalized spacial score (nSPS) is 14.7. The van der Waals surface area contributed by atoms with E-state index in [2.05, 4.69) is 223 Å². The van der Waals surface area contributed by atoms with E-state index in [0.29, 0.717) is 0 Å². The monoisotopic (exact) mass is 767 g/mol. The molecule has 3 heteroatoms. The van der Waals surface area contributed by atoms with E-state index in [9.17, 15) is 0 Å². The van der Waals surface area contributed by atoms with Crippen molar-refractivity contribution >= 4 is 34.1 Å². The van der Waals surface area contributed by atoms with Crippen LogP contribution >= 0.6 is 0 Å². The van der Waals surface area contributed by atoms with Crippen molar-refractivity contribution in [2.45, 2.75) is 24.7 Å². The Labute approximate surface area is 351 Å². The zero-order valence-electron chi connectivity index (χ0n) is 33.5. The molecule has 0 atom stereocenters. The average molecular weight is 768 g/mol. The summed E-state index contributed by atoms with van der Waals surface area (Å²) >= 11 is 0. The zero-order valence-corrected chi connectivity index (χ0v) is 33.5. The Balaban J connectivity index is 1.19. The van der Waals surface area contributed by atoms with Crippen LogP contribution in [-0.2, 0) is 10.8 Å². The highest BCUT2D eigenvalue weighted by Crippen LogP contribution is 2.68. The summed E-state index contributed by atoms with van der Waals surface area (Å²) < 4.78 is 0. The zero-order chi connectivity index (χ0) is 40.0. The van der Waals surface area contributed by atoms with Crippen LogP contribution in [0.2, 0.25) is 0 Å². The van der Waals surface area contributed by atoms with Crippen LogP contribution in [-0.4, -0.2) is 4.98 Å². The van der Waals surface area contributed by atoms with Gasteiger partial charge in [0.15, 0.2) is 0 Å². The molecule has 2 aliphatic heterocycles. The van der Waals surface area contributed by atoms with E-state index >= 15 is 0 Å². The Morgan fingerprint density at radius 3 is 1.22 bits per heavy atom. The Morgan fingerprint density at radius 2 is 0.733 bits per heavy atom. The second-order valence-electron chi connectivity index (χ2n) is 16.4. The van der Waals surface area contributed by atoms with Crippen molar-refractivity contribution < 1.29 is 0 Å². The number of anilines is 6. The molecule has 0 saturated carbocycles. The second kappa shape index (κ2) is 13.0. The quantitative estimate of drug-likeness (QED) is 0.178. The van der Waals surface area contributed by atoms with Crippen molar-refractivity contribution in [3.63, 3.8) is 0 Å². The summed E-state index contributed by atoms with van der Waals surface area (Å²) in [5.74, 6) is 0. The predicted molar refractivity (Wildman–Crippen MR) is 246 cm³/mol. The van der Waals surface area contributed by atoms with Crippen molar-refractivity contribution in [2.75, 3.05) is 9.80 Å². The summed E-state index contributed by atoms with van der Waals surface area (Å²) in [7, 11) is 0. The van der Waals surface area contributed by atoms with Crippen LogP contribution in [0.1, 0.15) is 55.6 Å². The number of aromatic nitrogens is 1. The first-order valence-corrected chi connectivity index (χ1v) is 20.9. The van der Waals surface area contributed by atoms with Crippen LogP contribution in [0, 0.1) is 13.8 Å². The van der Waals surface area contributed by atoms with Gasteiger partial charge in [-0.25, -0.2) is 0 Å². The summed E-state index contributed by atoms with van der Waals surface area (Å²) in [5.41, 5.74) is 20.7. The number of aryl methyl sites for hydroxylation is 2. The van der Waals surface area contributed by atoms with E-state index in [1.54, 1.807) is 0 Å². The molecule has 1 aliphatic carbocycles. The highest BCUT2D eigenvalue weighted by molar-refractivity contribution is 5.95. The molecule has 9 aromatic rings. The summed E-state index contributed by atoms with van der Waals surface area (Å²) in [6.07, 6.45) is 1.86. The van der Waals surface area contributed by atoms with E-state index < -0.39 is 10.8 Å². The minimum Gasteiger partial charge on any atom is -0.310 e. The lowest BCUT2D eigenvalue weighted by Crippen LogP contribution is -2.49. The fourth-order valence-electron chi connectivity index (χ4n) is 11.0. The molecule has 3 aliphatic rings. The van der Waals surface area contributed by atoms with Crippen LogP contribution in [0.3, 0.4) is 0 Å². The largest absolute Gasteiger partial charge is 0.310 e. The average Bonchev–Trinajstić information content (AvgIpc) is 3.31. The molecule has 0 radical (unpaired) electrons. The lowest BCUT2D eigenvalue weighted by Gasteiger charge is -2.56. The Morgan fingerprint density at radius 1 is 0.333 bits per heavy atom. The van der Waals surface area contributed by atoms with E-state index in [1.807, 2.05) is 18.3 Å². The van der Waals surface area contributed by atoms with Gasteiger partial charge in [-0.2, -0.15) is 0 Å². The Bertz CT molecular complexity index is 2980. The predicted octanol–water partition coefficient (Wildman–Crippen LogP) is 14.0. The first-order chi connectivity index (χ1) is 29.6. The number of hydrogen-bond acceptors (Lipinski definition) is 3. The number of hydrogen-bond donors (Lipinski definition) is 0. The van der Waals surface area contributed by atoms with Crippen LogP contribution in [0.4, 0.5) is 34.1 Å². The maximum Gasteiger partial charge on any atom is 0.0748 e. The third-order valence-electron chi connectivity index (χ3n) is 13.3. The molecular formula is C57H41N3. The first kappa shape index (κ1) is 34.5. The molecule has 0 N–H and O–H groups in total. The number of para-hydroxylation sites is 3. The van der Waals surface area contributed by atoms with Gasteiger partial charge < -0.3 is 9.80 Å². The molecule has 8 aromatic carbocycles. The van der Waals surface area contributed by atoms with Gasteiger partial charge >= 0.3 is 0 Å². The highest BCUT2D eigenvalue weighted by Gasteiger charge is 2.58. The minimum atomic E-state index is -0.633. The molecule has 0 unspecified atom stereocenters. The Kier molecular flexibility index (Phi) is 7.49. The second-order valence-corrected chi connectivity index (χ2v) is 16.4. The van der Waals surface area contributed by atoms with E-state index in [4.69, 9.17) is 0 Å². The molecular weight excluding hydrogens is 727 g/mol. The first-order valence-electron chi connectivity index (χ1n) is 20.9. The van der Waals surface area contributed by atoms with Gasteiger partial charge in [-0.3, -0.25) is 4.98 Å². The smallest absolute Gasteiger partial charge is 0.0748 e. The SMILES string of the molecule is Cc1ccc2c(c1)C1(c3cc(C)ccc3N2c2ccc(-c3ccccn3)cc2)c2ccccc2C2(c3ccccc3N(c3ccccc3)c3ccccc32)c2ccccc21. The summed E-state index contributed by atoms with van der Waals surface area (Å²) in [6, 6.07) is 76.9. The summed E-state index contributed by atoms with van der Waals surface area (Å²) in [6.45, 7) is 4.47. The molecule has 3 nitrogen and oxygen atoms in total. The highest BCUT2D eigenvalue weighted by atomic mass is 15.2. The molecule has 284 valence electrons. The lowest BCUT2D eigenvalue weighted by molar-refractivity contribution is 0.607. The van der Waals surface area contributed by atoms with E-state index in [1.165, 1.54) is 78.4 Å². The number of nitrogens with zero attached hydrogens (tertiary/aromatic N) is 3. The van der Waals surface area contributed by atoms with Crippen molar-refractivity contribution in [1.82, 2.24) is 4.98 Å². The number of rotatable bonds is 3. The molecule has 3 heterocycles. The summed E-state index contributed by atoms with van der Waals surface area (Å²) in [4.78, 5) is 9.59. The molecule has 1 aromatic heterocycles. The minimum absolute atomic E-state index is 0.608. The standard InChI is InChI=1S/C57H41N3/c1-38-27-33-54-49(36-38)57(50-37-39(2)28-34-55(50)60(54)42-31-29-40(30-32-42)51-24-14-15-35-58-51)45-20-8-6-18-43(45)56(44-19-7-9-21-46(44)57)47-22-10-12-25-52(47)59(41-16-4-3-5-17-41)53-26-13-11-23-48(53)56/h3-37H,1-2H3. The molecule has 2 spiro atoms. The van der Waals surface area contributed by atoms with Crippen molar-refractivity contribution in [2.24, 2.45) is 0 Å². The maximum absolute atomic E-state index is 4.65. The number of fused-ring (bicyclic) bond motifs is 14. The molecule has 0 saturated heterocycles. The van der Waals surface area contributed by atoms with Gasteiger partial charge in [-0.1, -0.05) is 157 Å². The molecule has 0 amide bonds. The van der Waals surface area contributed by atoms with Gasteiger partial charge in [0.1, 0.15) is 0 Å². The maximum atomic E-state index is 4.65.